The number of nitrogens with one attached hydrogen (secondary N) is 1. The van der Waals surface area contributed by atoms with Crippen molar-refractivity contribution in [2.75, 3.05) is 12.4 Å². The molecule has 0 spiro atoms. The number of nitrogens with zero attached hydrogens (tertiary/aromatic N) is 3. The molecule has 0 aliphatic rings. The van der Waals surface area contributed by atoms with Crippen LogP contribution in [-0.4, -0.2) is 27.8 Å². The van der Waals surface area contributed by atoms with E-state index in [-0.39, 0.29) is 5.91 Å². The first kappa shape index (κ1) is 15.0. The SMILES string of the molecule is COc1cccc(NC(=O)c2cc(C)nc3c2c(C)nn3C)c1. The number of carbonyl (C=O) groups excluding carboxylic acids is 1. The molecule has 3 aromatic rings. The first-order chi connectivity index (χ1) is 11.0. The number of aryl methyl sites for hydroxylation is 3. The summed E-state index contributed by atoms with van der Waals surface area (Å²) in [6.45, 7) is 3.74. The smallest absolute Gasteiger partial charge is 0.256 e. The number of pyridine rings is 1. The lowest BCUT2D eigenvalue weighted by atomic mass is 10.1. The number of hydrogen-bond donors (Lipinski definition) is 1. The topological polar surface area (TPSA) is 69.0 Å². The minimum atomic E-state index is -0.190. The second-order valence-corrected chi connectivity index (χ2v) is 5.40. The number of fused-ring (bicyclic) bond motifs is 1. The fraction of sp³-hybridized carbons (Fsp3) is 0.235. The number of ether oxygens (including phenoxy) is 1. The van der Waals surface area contributed by atoms with Crippen LogP contribution in [-0.2, 0) is 7.05 Å². The molecular formula is C17H18N4O2. The minimum Gasteiger partial charge on any atom is -0.497 e. The van der Waals surface area contributed by atoms with Gasteiger partial charge in [0, 0.05) is 24.5 Å². The molecule has 0 bridgehead atoms. The van der Waals surface area contributed by atoms with E-state index in [0.717, 1.165) is 16.8 Å². The summed E-state index contributed by atoms with van der Waals surface area (Å²) < 4.78 is 6.87. The maximum absolute atomic E-state index is 12.7. The standard InChI is InChI=1S/C17H18N4O2/c1-10-8-14(15-11(2)20-21(3)16(15)18-10)17(22)19-12-6-5-7-13(9-12)23-4/h5-9H,1-4H3,(H,19,22). The van der Waals surface area contributed by atoms with Gasteiger partial charge in [-0.25, -0.2) is 4.98 Å². The molecule has 0 aliphatic heterocycles. The fourth-order valence-electron chi connectivity index (χ4n) is 2.65. The Balaban J connectivity index is 2.03. The highest BCUT2D eigenvalue weighted by Crippen LogP contribution is 2.23. The van der Waals surface area contributed by atoms with Gasteiger partial charge in [-0.2, -0.15) is 5.10 Å². The van der Waals surface area contributed by atoms with Gasteiger partial charge in [-0.1, -0.05) is 6.07 Å². The third-order valence-corrected chi connectivity index (χ3v) is 3.67. The Morgan fingerprint density at radius 2 is 2.04 bits per heavy atom. The lowest BCUT2D eigenvalue weighted by molar-refractivity contribution is 0.102. The van der Waals surface area contributed by atoms with Crippen molar-refractivity contribution in [1.29, 1.82) is 0 Å². The van der Waals surface area contributed by atoms with Gasteiger partial charge < -0.3 is 10.1 Å². The van der Waals surface area contributed by atoms with Gasteiger partial charge >= 0.3 is 0 Å². The van der Waals surface area contributed by atoms with Crippen LogP contribution in [0, 0.1) is 13.8 Å². The number of amides is 1. The summed E-state index contributed by atoms with van der Waals surface area (Å²) in [5.41, 5.74) is 3.51. The van der Waals surface area contributed by atoms with E-state index in [1.165, 1.54) is 0 Å². The second kappa shape index (κ2) is 5.72. The molecule has 6 nitrogen and oxygen atoms in total. The van der Waals surface area contributed by atoms with Crippen molar-refractivity contribution < 1.29 is 9.53 Å². The van der Waals surface area contributed by atoms with Gasteiger partial charge in [0.1, 0.15) is 5.75 Å². The number of carbonyl (C=O) groups is 1. The Labute approximate surface area is 134 Å². The summed E-state index contributed by atoms with van der Waals surface area (Å²) in [5.74, 6) is 0.501. The van der Waals surface area contributed by atoms with Crippen molar-refractivity contribution >= 4 is 22.6 Å². The summed E-state index contributed by atoms with van der Waals surface area (Å²) in [7, 11) is 3.42. The van der Waals surface area contributed by atoms with Crippen LogP contribution in [0.4, 0.5) is 5.69 Å². The molecule has 0 radical (unpaired) electrons. The first-order valence-corrected chi connectivity index (χ1v) is 7.26. The third kappa shape index (κ3) is 2.75. The molecule has 3 rings (SSSR count). The Morgan fingerprint density at radius 1 is 1.26 bits per heavy atom. The van der Waals surface area contributed by atoms with Crippen LogP contribution in [0.2, 0.25) is 0 Å². The largest absolute Gasteiger partial charge is 0.497 e. The second-order valence-electron chi connectivity index (χ2n) is 5.40. The maximum Gasteiger partial charge on any atom is 0.256 e. The maximum atomic E-state index is 12.7. The van der Waals surface area contributed by atoms with Crippen molar-refractivity contribution in [3.8, 4) is 5.75 Å². The van der Waals surface area contributed by atoms with Crippen LogP contribution in [0.1, 0.15) is 21.7 Å². The van der Waals surface area contributed by atoms with Crippen LogP contribution in [0.15, 0.2) is 30.3 Å². The summed E-state index contributed by atoms with van der Waals surface area (Å²) in [4.78, 5) is 17.2. The van der Waals surface area contributed by atoms with Crippen molar-refractivity contribution in [2.45, 2.75) is 13.8 Å². The van der Waals surface area contributed by atoms with E-state index in [1.54, 1.807) is 23.9 Å². The molecule has 0 fully saturated rings. The van der Waals surface area contributed by atoms with E-state index in [2.05, 4.69) is 15.4 Å². The Hall–Kier alpha value is -2.89. The Kier molecular flexibility index (Phi) is 3.73. The highest BCUT2D eigenvalue weighted by atomic mass is 16.5. The number of anilines is 1. The zero-order chi connectivity index (χ0) is 16.6. The average Bonchev–Trinajstić information content (AvgIpc) is 2.81. The molecule has 23 heavy (non-hydrogen) atoms. The van der Waals surface area contributed by atoms with E-state index in [1.807, 2.05) is 39.1 Å². The fourth-order valence-corrected chi connectivity index (χ4v) is 2.65. The summed E-state index contributed by atoms with van der Waals surface area (Å²) >= 11 is 0. The van der Waals surface area contributed by atoms with Gasteiger partial charge in [0.2, 0.25) is 0 Å². The van der Waals surface area contributed by atoms with Crippen molar-refractivity contribution in [3.05, 3.63) is 47.3 Å². The molecule has 0 saturated heterocycles. The molecule has 0 aliphatic carbocycles. The average molecular weight is 310 g/mol. The lowest BCUT2D eigenvalue weighted by Gasteiger charge is -2.09. The van der Waals surface area contributed by atoms with Crippen molar-refractivity contribution in [3.63, 3.8) is 0 Å². The molecule has 0 saturated carbocycles. The van der Waals surface area contributed by atoms with Crippen LogP contribution in [0.5, 0.6) is 5.75 Å². The van der Waals surface area contributed by atoms with Crippen LogP contribution in [0.25, 0.3) is 11.0 Å². The lowest BCUT2D eigenvalue weighted by Crippen LogP contribution is -2.13. The third-order valence-electron chi connectivity index (χ3n) is 3.67. The summed E-state index contributed by atoms with van der Waals surface area (Å²) in [6, 6.07) is 9.04. The Bertz CT molecular complexity index is 899. The molecule has 1 aromatic carbocycles. The monoisotopic (exact) mass is 310 g/mol. The van der Waals surface area contributed by atoms with Gasteiger partial charge in [0.15, 0.2) is 5.65 Å². The molecule has 1 amide bonds. The molecule has 1 N–H and O–H groups in total. The molecule has 2 aromatic heterocycles. The predicted octanol–water partition coefficient (Wildman–Crippen LogP) is 2.85. The molecule has 0 unspecified atom stereocenters. The molecule has 2 heterocycles. The van der Waals surface area contributed by atoms with Gasteiger partial charge in [0.25, 0.3) is 5.91 Å². The first-order valence-electron chi connectivity index (χ1n) is 7.26. The molecule has 118 valence electrons. The number of benzene rings is 1. The normalized spacial score (nSPS) is 10.8. The number of methoxy groups -OCH3 is 1. The van der Waals surface area contributed by atoms with E-state index < -0.39 is 0 Å². The summed E-state index contributed by atoms with van der Waals surface area (Å²) in [6.07, 6.45) is 0. The van der Waals surface area contributed by atoms with E-state index in [4.69, 9.17) is 4.74 Å². The summed E-state index contributed by atoms with van der Waals surface area (Å²) in [5, 5.41) is 8.04. The van der Waals surface area contributed by atoms with Crippen LogP contribution >= 0.6 is 0 Å². The zero-order valence-corrected chi connectivity index (χ0v) is 13.5. The zero-order valence-electron chi connectivity index (χ0n) is 13.5. The molecule has 0 atom stereocenters. The van der Waals surface area contributed by atoms with E-state index >= 15 is 0 Å². The number of rotatable bonds is 3. The van der Waals surface area contributed by atoms with Gasteiger partial charge in [-0.15, -0.1) is 0 Å². The number of aromatic nitrogens is 3. The van der Waals surface area contributed by atoms with Crippen molar-refractivity contribution in [1.82, 2.24) is 14.8 Å². The predicted molar refractivity (Wildman–Crippen MR) is 88.9 cm³/mol. The molecule has 6 heteroatoms. The van der Waals surface area contributed by atoms with Gasteiger partial charge in [0.05, 0.1) is 23.8 Å². The van der Waals surface area contributed by atoms with E-state index in [0.29, 0.717) is 22.6 Å². The van der Waals surface area contributed by atoms with Gasteiger partial charge in [-0.05, 0) is 32.0 Å². The van der Waals surface area contributed by atoms with Crippen LogP contribution < -0.4 is 10.1 Å². The highest BCUT2D eigenvalue weighted by molar-refractivity contribution is 6.12. The minimum absolute atomic E-state index is 0.190. The van der Waals surface area contributed by atoms with E-state index in [9.17, 15) is 4.79 Å². The quantitative estimate of drug-likeness (QED) is 0.807. The highest BCUT2D eigenvalue weighted by Gasteiger charge is 2.17. The molecular weight excluding hydrogens is 292 g/mol. The number of hydrogen-bond acceptors (Lipinski definition) is 4. The Morgan fingerprint density at radius 3 is 2.78 bits per heavy atom. The van der Waals surface area contributed by atoms with Crippen molar-refractivity contribution in [2.24, 2.45) is 7.05 Å². The van der Waals surface area contributed by atoms with Crippen LogP contribution in [0.3, 0.4) is 0 Å². The van der Waals surface area contributed by atoms with Gasteiger partial charge in [-0.3, -0.25) is 9.48 Å².